The second kappa shape index (κ2) is 4.03. The average molecular weight is 226 g/mol. The van der Waals surface area contributed by atoms with Crippen LogP contribution in [0.4, 0.5) is 26.3 Å². The van der Waals surface area contributed by atoms with Crippen molar-refractivity contribution in [2.24, 2.45) is 0 Å². The van der Waals surface area contributed by atoms with Gasteiger partial charge >= 0.3 is 18.3 Å². The molecule has 84 valence electrons. The van der Waals surface area contributed by atoms with Crippen LogP contribution < -0.4 is 0 Å². The summed E-state index contributed by atoms with van der Waals surface area (Å²) < 4.78 is 71.7. The molecule has 0 bridgehead atoms. The van der Waals surface area contributed by atoms with E-state index >= 15 is 0 Å². The average Bonchev–Trinajstić information content (AvgIpc) is 1.95. The molecule has 0 aliphatic rings. The molecule has 0 fully saturated rings. The number of aliphatic hydroxyl groups is 1. The quantitative estimate of drug-likeness (QED) is 0.564. The van der Waals surface area contributed by atoms with Crippen LogP contribution in [0.5, 0.6) is 0 Å². The van der Waals surface area contributed by atoms with Crippen LogP contribution in [0.2, 0.25) is 0 Å². The van der Waals surface area contributed by atoms with E-state index in [2.05, 4.69) is 4.74 Å². The fraction of sp³-hybridized carbons (Fsp3) is 0.800. The summed E-state index contributed by atoms with van der Waals surface area (Å²) in [5, 5.41) is 8.13. The van der Waals surface area contributed by atoms with Crippen LogP contribution in [-0.2, 0) is 9.53 Å². The van der Waals surface area contributed by atoms with Gasteiger partial charge in [0.15, 0.2) is 6.10 Å². The number of carbonyl (C=O) groups is 1. The predicted octanol–water partition coefficient (Wildman–Crippen LogP) is 1.02. The predicted molar refractivity (Wildman–Crippen MR) is 29.1 cm³/mol. The van der Waals surface area contributed by atoms with E-state index in [0.29, 0.717) is 0 Å². The Kier molecular flexibility index (Phi) is 3.74. The van der Waals surface area contributed by atoms with Gasteiger partial charge in [-0.05, 0) is 0 Å². The molecule has 0 saturated carbocycles. The van der Waals surface area contributed by atoms with Gasteiger partial charge in [0, 0.05) is 0 Å². The van der Waals surface area contributed by atoms with Crippen LogP contribution in [0.15, 0.2) is 0 Å². The largest absolute Gasteiger partial charge is 0.490 e. The molecule has 3 nitrogen and oxygen atoms in total. The lowest BCUT2D eigenvalue weighted by molar-refractivity contribution is -0.230. The highest BCUT2D eigenvalue weighted by atomic mass is 19.4. The molecular formula is C5H4F6O3. The van der Waals surface area contributed by atoms with Crippen LogP contribution in [0.25, 0.3) is 0 Å². The summed E-state index contributed by atoms with van der Waals surface area (Å²) in [4.78, 5) is 9.87. The first kappa shape index (κ1) is 13.0. The third-order valence-electron chi connectivity index (χ3n) is 0.982. The van der Waals surface area contributed by atoms with Gasteiger partial charge in [0.05, 0.1) is 0 Å². The number of ether oxygens (including phenoxy) is 1. The lowest BCUT2D eigenvalue weighted by Crippen LogP contribution is -2.36. The van der Waals surface area contributed by atoms with E-state index in [1.54, 1.807) is 0 Å². The van der Waals surface area contributed by atoms with Gasteiger partial charge in [0.1, 0.15) is 6.61 Å². The fourth-order valence-corrected chi connectivity index (χ4v) is 0.331. The van der Waals surface area contributed by atoms with Gasteiger partial charge in [0.2, 0.25) is 0 Å². The number of alkyl halides is 6. The second-order valence-corrected chi connectivity index (χ2v) is 2.15. The lowest BCUT2D eigenvalue weighted by Gasteiger charge is -2.14. The minimum absolute atomic E-state index is 1.78. The first-order chi connectivity index (χ1) is 6.05. The summed E-state index contributed by atoms with van der Waals surface area (Å²) in [6, 6.07) is 0. The molecular weight excluding hydrogens is 222 g/mol. The van der Waals surface area contributed by atoms with Crippen molar-refractivity contribution in [1.82, 2.24) is 0 Å². The van der Waals surface area contributed by atoms with E-state index < -0.39 is 31.0 Å². The number of aliphatic hydroxyl groups excluding tert-OH is 1. The van der Waals surface area contributed by atoms with Gasteiger partial charge in [-0.2, -0.15) is 26.3 Å². The number of rotatable bonds is 2. The van der Waals surface area contributed by atoms with Gasteiger partial charge < -0.3 is 9.84 Å². The third kappa shape index (κ3) is 4.30. The standard InChI is InChI=1S/C5H4F6O3/c6-4(7,8)2(12)1-14-3(13)5(9,10)11/h2,12H,1H2. The van der Waals surface area contributed by atoms with Crippen molar-refractivity contribution < 1.29 is 41.0 Å². The van der Waals surface area contributed by atoms with Crippen molar-refractivity contribution in [1.29, 1.82) is 0 Å². The van der Waals surface area contributed by atoms with Crippen LogP contribution in [-0.4, -0.2) is 36.1 Å². The SMILES string of the molecule is O=C(OCC(O)C(F)(F)F)C(F)(F)F. The Morgan fingerprint density at radius 2 is 1.64 bits per heavy atom. The summed E-state index contributed by atoms with van der Waals surface area (Å²) in [6.07, 6.45) is -13.6. The topological polar surface area (TPSA) is 46.5 Å². The smallest absolute Gasteiger partial charge is 0.456 e. The maximum absolute atomic E-state index is 11.5. The summed E-state index contributed by atoms with van der Waals surface area (Å²) in [5.74, 6) is -2.78. The molecule has 0 rings (SSSR count). The van der Waals surface area contributed by atoms with E-state index in [4.69, 9.17) is 5.11 Å². The Balaban J connectivity index is 4.03. The minimum atomic E-state index is -5.37. The zero-order chi connectivity index (χ0) is 11.6. The normalized spacial score (nSPS) is 15.1. The van der Waals surface area contributed by atoms with Gasteiger partial charge in [-0.25, -0.2) is 4.79 Å². The van der Waals surface area contributed by atoms with E-state index in [-0.39, 0.29) is 0 Å². The Bertz CT molecular complexity index is 206. The molecule has 0 spiro atoms. The number of carbonyl (C=O) groups excluding carboxylic acids is 1. The molecule has 0 aliphatic heterocycles. The Morgan fingerprint density at radius 3 is 1.93 bits per heavy atom. The van der Waals surface area contributed by atoms with Crippen molar-refractivity contribution in [3.8, 4) is 0 Å². The van der Waals surface area contributed by atoms with E-state index in [9.17, 15) is 31.1 Å². The maximum atomic E-state index is 11.5. The van der Waals surface area contributed by atoms with Crippen LogP contribution in [0.1, 0.15) is 0 Å². The number of hydrogen-bond acceptors (Lipinski definition) is 3. The molecule has 1 atom stereocenters. The molecule has 0 heterocycles. The molecule has 0 aromatic rings. The van der Waals surface area contributed by atoms with Gasteiger partial charge in [-0.15, -0.1) is 0 Å². The Morgan fingerprint density at radius 1 is 1.21 bits per heavy atom. The van der Waals surface area contributed by atoms with Crippen LogP contribution in [0.3, 0.4) is 0 Å². The molecule has 1 N–H and O–H groups in total. The minimum Gasteiger partial charge on any atom is -0.456 e. The van der Waals surface area contributed by atoms with Crippen LogP contribution >= 0.6 is 0 Å². The molecule has 0 radical (unpaired) electrons. The highest BCUT2D eigenvalue weighted by Crippen LogP contribution is 2.21. The molecule has 1 unspecified atom stereocenters. The lowest BCUT2D eigenvalue weighted by atomic mass is 10.4. The number of esters is 1. The molecule has 0 saturated heterocycles. The van der Waals surface area contributed by atoms with Gasteiger partial charge in [0.25, 0.3) is 0 Å². The number of hydrogen-bond donors (Lipinski definition) is 1. The molecule has 14 heavy (non-hydrogen) atoms. The highest BCUT2D eigenvalue weighted by molar-refractivity contribution is 5.75. The Labute approximate surface area is 73.3 Å². The van der Waals surface area contributed by atoms with E-state index in [0.717, 1.165) is 0 Å². The zero-order valence-electron chi connectivity index (χ0n) is 6.32. The van der Waals surface area contributed by atoms with Crippen molar-refractivity contribution in [3.63, 3.8) is 0 Å². The number of halogens is 6. The second-order valence-electron chi connectivity index (χ2n) is 2.15. The Hall–Kier alpha value is -0.990. The summed E-state index contributed by atoms with van der Waals surface area (Å²) in [6.45, 7) is -1.78. The molecule has 0 aromatic carbocycles. The van der Waals surface area contributed by atoms with Gasteiger partial charge in [-0.3, -0.25) is 0 Å². The highest BCUT2D eigenvalue weighted by Gasteiger charge is 2.44. The van der Waals surface area contributed by atoms with Gasteiger partial charge in [-0.1, -0.05) is 0 Å². The first-order valence-electron chi connectivity index (χ1n) is 3.04. The third-order valence-corrected chi connectivity index (χ3v) is 0.982. The zero-order valence-corrected chi connectivity index (χ0v) is 6.32. The van der Waals surface area contributed by atoms with Crippen molar-refractivity contribution in [2.45, 2.75) is 18.5 Å². The molecule has 0 aromatic heterocycles. The molecule has 9 heteroatoms. The van der Waals surface area contributed by atoms with Crippen molar-refractivity contribution in [3.05, 3.63) is 0 Å². The van der Waals surface area contributed by atoms with E-state index in [1.165, 1.54) is 0 Å². The van der Waals surface area contributed by atoms with Crippen molar-refractivity contribution >= 4 is 5.97 Å². The molecule has 0 amide bonds. The maximum Gasteiger partial charge on any atom is 0.490 e. The first-order valence-corrected chi connectivity index (χ1v) is 3.04. The summed E-state index contributed by atoms with van der Waals surface area (Å²) in [7, 11) is 0. The summed E-state index contributed by atoms with van der Waals surface area (Å²) >= 11 is 0. The monoisotopic (exact) mass is 226 g/mol. The van der Waals surface area contributed by atoms with E-state index in [1.807, 2.05) is 0 Å². The van der Waals surface area contributed by atoms with Crippen molar-refractivity contribution in [2.75, 3.05) is 6.61 Å². The van der Waals surface area contributed by atoms with Crippen LogP contribution in [0, 0.1) is 0 Å². The summed E-state index contributed by atoms with van der Waals surface area (Å²) in [5.41, 5.74) is 0. The molecule has 0 aliphatic carbocycles. The fourth-order valence-electron chi connectivity index (χ4n) is 0.331.